The number of aromatic carboxylic acids is 1. The van der Waals surface area contributed by atoms with Crippen LogP contribution in [0.25, 0.3) is 11.1 Å². The summed E-state index contributed by atoms with van der Waals surface area (Å²) >= 11 is 5.86. The number of rotatable bonds is 4. The van der Waals surface area contributed by atoms with Crippen LogP contribution >= 0.6 is 11.6 Å². The fourth-order valence-corrected chi connectivity index (χ4v) is 2.29. The highest BCUT2D eigenvalue weighted by molar-refractivity contribution is 6.36. The van der Waals surface area contributed by atoms with E-state index in [-0.39, 0.29) is 22.4 Å². The molecular weight excluding hydrogens is 317 g/mol. The number of carbonyl (C=O) groups excluding carboxylic acids is 2. The molecule has 0 saturated carbocycles. The predicted octanol–water partition coefficient (Wildman–Crippen LogP) is 2.23. The molecule has 0 spiro atoms. The maximum absolute atomic E-state index is 13.5. The lowest BCUT2D eigenvalue weighted by molar-refractivity contribution is -0.384. The summed E-state index contributed by atoms with van der Waals surface area (Å²) in [6.45, 7) is 0. The molecular formula is C14H6ClFNO5-. The Labute approximate surface area is 127 Å². The Morgan fingerprint density at radius 3 is 2.41 bits per heavy atom. The standard InChI is InChI=1S/C14H7ClFNO5/c15-13-10(3-4-11(16)12(13)14(19)20)9-2-1-8(17(21)22)5-7(9)6-18/h1-6H,(H,19,20)/p-1. The topological polar surface area (TPSA) is 100 Å². The summed E-state index contributed by atoms with van der Waals surface area (Å²) < 4.78 is 13.5. The van der Waals surface area contributed by atoms with Gasteiger partial charge in [-0.3, -0.25) is 14.9 Å². The zero-order valence-corrected chi connectivity index (χ0v) is 11.5. The van der Waals surface area contributed by atoms with Gasteiger partial charge in [0, 0.05) is 23.3 Å². The minimum absolute atomic E-state index is 0.0549. The van der Waals surface area contributed by atoms with E-state index >= 15 is 0 Å². The lowest BCUT2D eigenvalue weighted by Crippen LogP contribution is -2.24. The number of carbonyl (C=O) groups is 2. The first-order valence-electron chi connectivity index (χ1n) is 5.80. The zero-order chi connectivity index (χ0) is 16.4. The number of benzene rings is 2. The van der Waals surface area contributed by atoms with Gasteiger partial charge in [-0.1, -0.05) is 11.6 Å². The number of halogens is 2. The van der Waals surface area contributed by atoms with Gasteiger partial charge in [0.05, 0.1) is 21.5 Å². The van der Waals surface area contributed by atoms with Gasteiger partial charge in [0.15, 0.2) is 6.29 Å². The second-order valence-electron chi connectivity index (χ2n) is 4.22. The van der Waals surface area contributed by atoms with Gasteiger partial charge in [0.25, 0.3) is 5.69 Å². The number of hydrogen-bond donors (Lipinski definition) is 0. The van der Waals surface area contributed by atoms with Crippen LogP contribution in [0.4, 0.5) is 10.1 Å². The van der Waals surface area contributed by atoms with E-state index in [1.165, 1.54) is 12.1 Å². The number of nitro groups is 1. The third kappa shape index (κ3) is 2.66. The van der Waals surface area contributed by atoms with Gasteiger partial charge in [0.2, 0.25) is 0 Å². The van der Waals surface area contributed by atoms with Gasteiger partial charge >= 0.3 is 0 Å². The van der Waals surface area contributed by atoms with Crippen LogP contribution in [0, 0.1) is 15.9 Å². The Morgan fingerprint density at radius 1 is 1.23 bits per heavy atom. The molecule has 0 aliphatic rings. The third-order valence-electron chi connectivity index (χ3n) is 2.96. The van der Waals surface area contributed by atoms with E-state index in [9.17, 15) is 29.2 Å². The van der Waals surface area contributed by atoms with E-state index in [1.807, 2.05) is 0 Å². The fourth-order valence-electron chi connectivity index (χ4n) is 1.95. The van der Waals surface area contributed by atoms with Gasteiger partial charge in [0.1, 0.15) is 5.82 Å². The second-order valence-corrected chi connectivity index (χ2v) is 4.60. The van der Waals surface area contributed by atoms with Crippen LogP contribution in [0.2, 0.25) is 5.02 Å². The summed E-state index contributed by atoms with van der Waals surface area (Å²) in [4.78, 5) is 32.0. The van der Waals surface area contributed by atoms with Crippen LogP contribution in [0.15, 0.2) is 30.3 Å². The van der Waals surface area contributed by atoms with E-state index in [2.05, 4.69) is 0 Å². The number of non-ortho nitro benzene ring substituents is 1. The molecule has 0 fully saturated rings. The lowest BCUT2D eigenvalue weighted by atomic mass is 9.97. The highest BCUT2D eigenvalue weighted by atomic mass is 35.5. The largest absolute Gasteiger partial charge is 0.545 e. The maximum atomic E-state index is 13.5. The van der Waals surface area contributed by atoms with Gasteiger partial charge in [-0.25, -0.2) is 4.39 Å². The number of nitro benzene ring substituents is 1. The normalized spacial score (nSPS) is 10.3. The van der Waals surface area contributed by atoms with Crippen LogP contribution in [0.3, 0.4) is 0 Å². The average molecular weight is 323 g/mol. The van der Waals surface area contributed by atoms with E-state index in [0.717, 1.165) is 18.2 Å². The zero-order valence-electron chi connectivity index (χ0n) is 10.7. The minimum Gasteiger partial charge on any atom is -0.545 e. The highest BCUT2D eigenvalue weighted by Gasteiger charge is 2.18. The molecule has 0 radical (unpaired) electrons. The van der Waals surface area contributed by atoms with Gasteiger partial charge in [-0.15, -0.1) is 0 Å². The molecule has 0 aromatic heterocycles. The molecule has 0 aliphatic carbocycles. The number of nitrogens with zero attached hydrogens (tertiary/aromatic N) is 1. The summed E-state index contributed by atoms with van der Waals surface area (Å²) in [5, 5.41) is 21.2. The van der Waals surface area contributed by atoms with Crippen molar-refractivity contribution >= 4 is 29.5 Å². The van der Waals surface area contributed by atoms with Crippen LogP contribution in [-0.4, -0.2) is 17.2 Å². The second kappa shape index (κ2) is 5.90. The molecule has 2 rings (SSSR count). The number of hydrogen-bond acceptors (Lipinski definition) is 5. The molecule has 0 atom stereocenters. The summed E-state index contributed by atoms with van der Waals surface area (Å²) in [5.74, 6) is -2.89. The molecule has 2 aromatic carbocycles. The fraction of sp³-hybridized carbons (Fsp3) is 0. The Hall–Kier alpha value is -2.80. The molecule has 0 unspecified atom stereocenters. The van der Waals surface area contributed by atoms with Crippen molar-refractivity contribution in [1.82, 2.24) is 0 Å². The molecule has 0 bridgehead atoms. The Bertz CT molecular complexity index is 806. The van der Waals surface area contributed by atoms with Gasteiger partial charge < -0.3 is 9.90 Å². The van der Waals surface area contributed by atoms with Crippen molar-refractivity contribution in [1.29, 1.82) is 0 Å². The number of carboxylic acid groups (broad SMARTS) is 1. The van der Waals surface area contributed by atoms with Crippen LogP contribution in [0.1, 0.15) is 20.7 Å². The summed E-state index contributed by atoms with van der Waals surface area (Å²) in [7, 11) is 0. The van der Waals surface area contributed by atoms with Crippen molar-refractivity contribution in [2.45, 2.75) is 0 Å². The molecule has 8 heteroatoms. The summed E-state index contributed by atoms with van der Waals surface area (Å²) in [6, 6.07) is 5.42. The molecule has 0 aliphatic heterocycles. The molecule has 0 heterocycles. The van der Waals surface area contributed by atoms with Gasteiger partial charge in [-0.2, -0.15) is 0 Å². The van der Waals surface area contributed by atoms with E-state index in [4.69, 9.17) is 11.6 Å². The highest BCUT2D eigenvalue weighted by Crippen LogP contribution is 2.34. The predicted molar refractivity (Wildman–Crippen MR) is 73.2 cm³/mol. The van der Waals surface area contributed by atoms with Crippen molar-refractivity contribution in [2.24, 2.45) is 0 Å². The molecule has 112 valence electrons. The Kier molecular flexibility index (Phi) is 4.18. The summed E-state index contributed by atoms with van der Waals surface area (Å²) in [5.41, 5.74) is -1.03. The van der Waals surface area contributed by atoms with Crippen molar-refractivity contribution in [3.8, 4) is 11.1 Å². The number of aldehydes is 1. The first kappa shape index (κ1) is 15.6. The first-order chi connectivity index (χ1) is 10.4. The quantitative estimate of drug-likeness (QED) is 0.488. The van der Waals surface area contributed by atoms with Gasteiger partial charge in [-0.05, 0) is 23.8 Å². The van der Waals surface area contributed by atoms with E-state index < -0.39 is 27.3 Å². The third-order valence-corrected chi connectivity index (χ3v) is 3.35. The van der Waals surface area contributed by atoms with E-state index in [0.29, 0.717) is 6.29 Å². The SMILES string of the molecule is O=Cc1cc([N+](=O)[O-])ccc1-c1ccc(F)c(C(=O)[O-])c1Cl. The lowest BCUT2D eigenvalue weighted by Gasteiger charge is -2.13. The molecule has 0 N–H and O–H groups in total. The minimum atomic E-state index is -1.81. The van der Waals surface area contributed by atoms with Crippen molar-refractivity contribution in [3.05, 3.63) is 62.4 Å². The number of carboxylic acids is 1. The van der Waals surface area contributed by atoms with Crippen LogP contribution in [-0.2, 0) is 0 Å². The monoisotopic (exact) mass is 322 g/mol. The molecule has 6 nitrogen and oxygen atoms in total. The summed E-state index contributed by atoms with van der Waals surface area (Å²) in [6.07, 6.45) is 0.362. The smallest absolute Gasteiger partial charge is 0.270 e. The molecule has 0 amide bonds. The molecule has 0 saturated heterocycles. The van der Waals surface area contributed by atoms with Crippen molar-refractivity contribution < 1.29 is 24.0 Å². The Balaban J connectivity index is 2.72. The molecule has 22 heavy (non-hydrogen) atoms. The van der Waals surface area contributed by atoms with Crippen molar-refractivity contribution in [3.63, 3.8) is 0 Å². The maximum Gasteiger partial charge on any atom is 0.270 e. The Morgan fingerprint density at radius 2 is 1.86 bits per heavy atom. The van der Waals surface area contributed by atoms with E-state index in [1.54, 1.807) is 0 Å². The molecule has 2 aromatic rings. The van der Waals surface area contributed by atoms with Crippen LogP contribution in [0.5, 0.6) is 0 Å². The first-order valence-corrected chi connectivity index (χ1v) is 6.18. The average Bonchev–Trinajstić information content (AvgIpc) is 2.46. The van der Waals surface area contributed by atoms with Crippen molar-refractivity contribution in [2.75, 3.05) is 0 Å². The van der Waals surface area contributed by atoms with Crippen LogP contribution < -0.4 is 5.11 Å².